The van der Waals surface area contributed by atoms with E-state index in [1.807, 2.05) is 18.8 Å². The van der Waals surface area contributed by atoms with Crippen LogP contribution in [0.25, 0.3) is 10.8 Å². The predicted molar refractivity (Wildman–Crippen MR) is 92.0 cm³/mol. The summed E-state index contributed by atoms with van der Waals surface area (Å²) in [5.41, 5.74) is 1.37. The van der Waals surface area contributed by atoms with Gasteiger partial charge < -0.3 is 10.1 Å². The van der Waals surface area contributed by atoms with Gasteiger partial charge in [0.15, 0.2) is 0 Å². The average Bonchev–Trinajstić information content (AvgIpc) is 3.04. The molecule has 1 N–H and O–H groups in total. The van der Waals surface area contributed by atoms with E-state index in [1.165, 1.54) is 29.2 Å². The highest BCUT2D eigenvalue weighted by Gasteiger charge is 2.16. The number of thioether (sulfide) groups is 1. The monoisotopic (exact) mass is 301 g/mol. The molecule has 2 aromatic carbocycles. The van der Waals surface area contributed by atoms with Crippen molar-refractivity contribution in [2.24, 2.45) is 0 Å². The minimum absolute atomic E-state index is 0.404. The highest BCUT2D eigenvalue weighted by molar-refractivity contribution is 7.99. The van der Waals surface area contributed by atoms with Crippen LogP contribution in [0.3, 0.4) is 0 Å². The number of nitrogens with one attached hydrogen (secondary N) is 1. The first-order chi connectivity index (χ1) is 10.4. The Morgan fingerprint density at radius 3 is 2.86 bits per heavy atom. The van der Waals surface area contributed by atoms with Crippen LogP contribution >= 0.6 is 11.8 Å². The molecule has 3 heteroatoms. The second-order valence-corrected chi connectivity index (χ2v) is 6.70. The van der Waals surface area contributed by atoms with E-state index in [9.17, 15) is 0 Å². The van der Waals surface area contributed by atoms with Crippen molar-refractivity contribution >= 4 is 22.5 Å². The fourth-order valence-corrected chi connectivity index (χ4v) is 4.12. The van der Waals surface area contributed by atoms with E-state index in [0.29, 0.717) is 12.1 Å². The standard InChI is InChI=1S/C18H23NOS/c1-19-18(13-21-12-17-7-4-10-20-17)16-9-8-14-5-2-3-6-15(14)11-16/h2-3,5-6,8-9,11,17-19H,4,7,10,12-13H2,1H3. The first-order valence-corrected chi connectivity index (χ1v) is 8.87. The summed E-state index contributed by atoms with van der Waals surface area (Å²) in [6.45, 7) is 0.950. The van der Waals surface area contributed by atoms with E-state index >= 15 is 0 Å². The van der Waals surface area contributed by atoms with Crippen LogP contribution < -0.4 is 5.32 Å². The zero-order valence-electron chi connectivity index (χ0n) is 12.5. The lowest BCUT2D eigenvalue weighted by Gasteiger charge is -2.18. The molecule has 2 unspecified atom stereocenters. The summed E-state index contributed by atoms with van der Waals surface area (Å²) in [6, 6.07) is 15.7. The number of ether oxygens (including phenoxy) is 1. The topological polar surface area (TPSA) is 21.3 Å². The maximum absolute atomic E-state index is 5.69. The van der Waals surface area contributed by atoms with Crippen LogP contribution in [0, 0.1) is 0 Å². The summed E-state index contributed by atoms with van der Waals surface area (Å²) < 4.78 is 5.69. The van der Waals surface area contributed by atoms with Gasteiger partial charge in [-0.3, -0.25) is 0 Å². The molecule has 1 aliphatic rings. The van der Waals surface area contributed by atoms with E-state index in [-0.39, 0.29) is 0 Å². The lowest BCUT2D eigenvalue weighted by molar-refractivity contribution is 0.129. The molecular formula is C18H23NOS. The minimum Gasteiger partial charge on any atom is -0.377 e. The molecule has 0 saturated carbocycles. The normalized spacial score (nSPS) is 20.0. The molecule has 0 spiro atoms. The van der Waals surface area contributed by atoms with Gasteiger partial charge >= 0.3 is 0 Å². The Labute approximate surface area is 131 Å². The van der Waals surface area contributed by atoms with Crippen molar-refractivity contribution in [3.8, 4) is 0 Å². The van der Waals surface area contributed by atoms with Gasteiger partial charge in [-0.1, -0.05) is 36.4 Å². The fourth-order valence-electron chi connectivity index (χ4n) is 2.86. The summed E-state index contributed by atoms with van der Waals surface area (Å²) in [5, 5.41) is 6.07. The number of hydrogen-bond acceptors (Lipinski definition) is 3. The molecule has 112 valence electrons. The van der Waals surface area contributed by atoms with Gasteiger partial charge in [0.25, 0.3) is 0 Å². The average molecular weight is 301 g/mol. The van der Waals surface area contributed by atoms with Crippen LogP contribution in [0.1, 0.15) is 24.4 Å². The molecule has 3 rings (SSSR count). The lowest BCUT2D eigenvalue weighted by atomic mass is 10.0. The summed E-state index contributed by atoms with van der Waals surface area (Å²) >= 11 is 2.00. The fraction of sp³-hybridized carbons (Fsp3) is 0.444. The van der Waals surface area contributed by atoms with Crippen molar-refractivity contribution in [3.05, 3.63) is 48.0 Å². The van der Waals surface area contributed by atoms with Crippen LogP contribution in [-0.4, -0.2) is 31.3 Å². The van der Waals surface area contributed by atoms with E-state index in [0.717, 1.165) is 18.1 Å². The number of benzene rings is 2. The van der Waals surface area contributed by atoms with E-state index in [2.05, 4.69) is 47.8 Å². The van der Waals surface area contributed by atoms with Crippen molar-refractivity contribution < 1.29 is 4.74 Å². The Balaban J connectivity index is 1.63. The Bertz CT molecular complexity index is 580. The molecule has 21 heavy (non-hydrogen) atoms. The molecule has 1 saturated heterocycles. The third kappa shape index (κ3) is 3.79. The maximum atomic E-state index is 5.69. The largest absolute Gasteiger partial charge is 0.377 e. The third-order valence-corrected chi connectivity index (χ3v) is 5.31. The second kappa shape index (κ2) is 7.30. The van der Waals surface area contributed by atoms with Gasteiger partial charge in [-0.2, -0.15) is 11.8 Å². The summed E-state index contributed by atoms with van der Waals surface area (Å²) in [5.74, 6) is 2.21. The molecule has 1 aliphatic heterocycles. The van der Waals surface area contributed by atoms with Crippen molar-refractivity contribution in [1.29, 1.82) is 0 Å². The molecule has 0 radical (unpaired) electrons. The van der Waals surface area contributed by atoms with Gasteiger partial charge in [0.1, 0.15) is 0 Å². The predicted octanol–water partition coefficient (Wildman–Crippen LogP) is 4.01. The van der Waals surface area contributed by atoms with Crippen LogP contribution in [0.4, 0.5) is 0 Å². The van der Waals surface area contributed by atoms with Gasteiger partial charge in [-0.25, -0.2) is 0 Å². The Kier molecular flexibility index (Phi) is 5.17. The third-order valence-electron chi connectivity index (χ3n) is 4.14. The number of rotatable bonds is 6. The molecule has 0 amide bonds. The van der Waals surface area contributed by atoms with Gasteiger partial charge in [0, 0.05) is 24.2 Å². The van der Waals surface area contributed by atoms with Gasteiger partial charge in [0.05, 0.1) is 6.10 Å². The molecule has 1 heterocycles. The van der Waals surface area contributed by atoms with E-state index < -0.39 is 0 Å². The van der Waals surface area contributed by atoms with Crippen LogP contribution in [0.15, 0.2) is 42.5 Å². The van der Waals surface area contributed by atoms with Crippen LogP contribution in [-0.2, 0) is 4.74 Å². The Hall–Kier alpha value is -1.03. The molecule has 2 atom stereocenters. The zero-order chi connectivity index (χ0) is 14.5. The van der Waals surface area contributed by atoms with Gasteiger partial charge in [-0.05, 0) is 42.3 Å². The Morgan fingerprint density at radius 1 is 1.24 bits per heavy atom. The molecular weight excluding hydrogens is 278 g/mol. The molecule has 0 bridgehead atoms. The first kappa shape index (κ1) is 14.9. The summed E-state index contributed by atoms with van der Waals surface area (Å²) in [7, 11) is 2.05. The number of fused-ring (bicyclic) bond motifs is 1. The van der Waals surface area contributed by atoms with Gasteiger partial charge in [-0.15, -0.1) is 0 Å². The maximum Gasteiger partial charge on any atom is 0.0666 e. The first-order valence-electron chi connectivity index (χ1n) is 7.72. The molecule has 0 aromatic heterocycles. The Morgan fingerprint density at radius 2 is 2.10 bits per heavy atom. The quantitative estimate of drug-likeness (QED) is 0.871. The highest BCUT2D eigenvalue weighted by atomic mass is 32.2. The smallest absolute Gasteiger partial charge is 0.0666 e. The summed E-state index contributed by atoms with van der Waals surface area (Å²) in [6.07, 6.45) is 2.93. The van der Waals surface area contributed by atoms with E-state index in [4.69, 9.17) is 4.74 Å². The van der Waals surface area contributed by atoms with Gasteiger partial charge in [0.2, 0.25) is 0 Å². The minimum atomic E-state index is 0.404. The van der Waals surface area contributed by atoms with Crippen molar-refractivity contribution in [1.82, 2.24) is 5.32 Å². The SMILES string of the molecule is CNC(CSCC1CCCO1)c1ccc2ccccc2c1. The molecule has 2 aromatic rings. The van der Waals surface area contributed by atoms with E-state index in [1.54, 1.807) is 0 Å². The zero-order valence-corrected chi connectivity index (χ0v) is 13.4. The highest BCUT2D eigenvalue weighted by Crippen LogP contribution is 2.25. The lowest BCUT2D eigenvalue weighted by Crippen LogP contribution is -2.20. The number of hydrogen-bond donors (Lipinski definition) is 1. The molecule has 0 aliphatic carbocycles. The molecule has 1 fully saturated rings. The summed E-state index contributed by atoms with van der Waals surface area (Å²) in [4.78, 5) is 0. The van der Waals surface area contributed by atoms with Crippen molar-refractivity contribution in [2.45, 2.75) is 25.0 Å². The second-order valence-electron chi connectivity index (χ2n) is 5.62. The molecule has 2 nitrogen and oxygen atoms in total. The van der Waals surface area contributed by atoms with Crippen molar-refractivity contribution in [2.75, 3.05) is 25.2 Å². The van der Waals surface area contributed by atoms with Crippen molar-refractivity contribution in [3.63, 3.8) is 0 Å². The van der Waals surface area contributed by atoms with Crippen LogP contribution in [0.2, 0.25) is 0 Å². The van der Waals surface area contributed by atoms with Crippen LogP contribution in [0.5, 0.6) is 0 Å².